The third-order valence-corrected chi connectivity index (χ3v) is 4.80. The van der Waals surface area contributed by atoms with Crippen molar-refractivity contribution in [1.82, 2.24) is 15.5 Å². The van der Waals surface area contributed by atoms with Gasteiger partial charge in [0.05, 0.1) is 0 Å². The number of halogens is 1. The molecule has 1 aliphatic heterocycles. The lowest BCUT2D eigenvalue weighted by atomic mass is 10.1. The Labute approximate surface area is 186 Å². The van der Waals surface area contributed by atoms with Crippen molar-refractivity contribution < 1.29 is 9.53 Å². The summed E-state index contributed by atoms with van der Waals surface area (Å²) in [5.41, 5.74) is 1.28. The SMILES string of the molecule is CCOCCCCNC(=NC)NCC1CC(=O)N(CCc2ccccc2)C1.I. The molecular weight excluding hydrogens is 467 g/mol. The summed E-state index contributed by atoms with van der Waals surface area (Å²) in [5.74, 6) is 1.41. The molecule has 1 aromatic rings. The minimum atomic E-state index is 0. The lowest BCUT2D eigenvalue weighted by Gasteiger charge is -2.18. The van der Waals surface area contributed by atoms with Crippen molar-refractivity contribution in [2.24, 2.45) is 10.9 Å². The molecule has 0 spiro atoms. The number of benzene rings is 1. The molecular formula is C21H35IN4O2. The Bertz CT molecular complexity index is 583. The van der Waals surface area contributed by atoms with Gasteiger partial charge in [0.1, 0.15) is 0 Å². The van der Waals surface area contributed by atoms with Crippen LogP contribution in [0.25, 0.3) is 0 Å². The Hall–Kier alpha value is -1.35. The average molecular weight is 502 g/mol. The summed E-state index contributed by atoms with van der Waals surface area (Å²) in [5, 5.41) is 6.68. The molecule has 6 nitrogen and oxygen atoms in total. The van der Waals surface area contributed by atoms with Crippen molar-refractivity contribution >= 4 is 35.8 Å². The Morgan fingerprint density at radius 2 is 2.04 bits per heavy atom. The van der Waals surface area contributed by atoms with Crippen LogP contribution in [0.5, 0.6) is 0 Å². The fourth-order valence-corrected chi connectivity index (χ4v) is 3.26. The third kappa shape index (κ3) is 9.23. The van der Waals surface area contributed by atoms with Gasteiger partial charge in [0.2, 0.25) is 5.91 Å². The number of nitrogens with zero attached hydrogens (tertiary/aromatic N) is 2. The monoisotopic (exact) mass is 502 g/mol. The molecule has 0 bridgehead atoms. The molecule has 28 heavy (non-hydrogen) atoms. The van der Waals surface area contributed by atoms with Gasteiger partial charge in [0.25, 0.3) is 0 Å². The van der Waals surface area contributed by atoms with Crippen LogP contribution in [0.4, 0.5) is 0 Å². The minimum absolute atomic E-state index is 0. The molecule has 1 atom stereocenters. The standard InChI is InChI=1S/C21H34N4O2.HI/c1-3-27-14-8-7-12-23-21(22-2)24-16-19-15-20(26)25(17-19)13-11-18-9-5-4-6-10-18;/h4-6,9-10,19H,3,7-8,11-17H2,1-2H3,(H2,22,23,24);1H. The first-order valence-electron chi connectivity index (χ1n) is 10.1. The van der Waals surface area contributed by atoms with Crippen LogP contribution < -0.4 is 10.6 Å². The van der Waals surface area contributed by atoms with Gasteiger partial charge in [0, 0.05) is 58.8 Å². The van der Waals surface area contributed by atoms with Crippen molar-refractivity contribution in [2.45, 2.75) is 32.6 Å². The molecule has 158 valence electrons. The van der Waals surface area contributed by atoms with E-state index in [1.54, 1.807) is 7.05 Å². The van der Waals surface area contributed by atoms with Crippen LogP contribution in [0.2, 0.25) is 0 Å². The number of aliphatic imine (C=N–C) groups is 1. The van der Waals surface area contributed by atoms with Crippen LogP contribution in [-0.2, 0) is 16.0 Å². The van der Waals surface area contributed by atoms with E-state index < -0.39 is 0 Å². The summed E-state index contributed by atoms with van der Waals surface area (Å²) in [6, 6.07) is 10.3. The van der Waals surface area contributed by atoms with E-state index in [9.17, 15) is 4.79 Å². The van der Waals surface area contributed by atoms with Crippen molar-refractivity contribution in [1.29, 1.82) is 0 Å². The third-order valence-electron chi connectivity index (χ3n) is 4.80. The number of nitrogens with one attached hydrogen (secondary N) is 2. The van der Waals surface area contributed by atoms with E-state index in [1.165, 1.54) is 5.56 Å². The molecule has 1 unspecified atom stereocenters. The van der Waals surface area contributed by atoms with Gasteiger partial charge in [-0.3, -0.25) is 9.79 Å². The number of hydrogen-bond donors (Lipinski definition) is 2. The molecule has 2 N–H and O–H groups in total. The summed E-state index contributed by atoms with van der Waals surface area (Å²) < 4.78 is 5.34. The van der Waals surface area contributed by atoms with E-state index in [0.29, 0.717) is 12.3 Å². The zero-order valence-corrected chi connectivity index (χ0v) is 19.5. The first kappa shape index (κ1) is 24.7. The number of guanidine groups is 1. The summed E-state index contributed by atoms with van der Waals surface area (Å²) in [6.07, 6.45) is 3.63. The number of unbranched alkanes of at least 4 members (excludes halogenated alkanes) is 1. The van der Waals surface area contributed by atoms with E-state index >= 15 is 0 Å². The number of hydrogen-bond acceptors (Lipinski definition) is 3. The second kappa shape index (κ2) is 14.6. The molecule has 2 rings (SSSR count). The molecule has 1 amide bonds. The highest BCUT2D eigenvalue weighted by Crippen LogP contribution is 2.17. The number of carbonyl (C=O) groups is 1. The highest BCUT2D eigenvalue weighted by atomic mass is 127. The van der Waals surface area contributed by atoms with Crippen LogP contribution in [-0.4, -0.2) is 63.2 Å². The molecule has 1 fully saturated rings. The largest absolute Gasteiger partial charge is 0.382 e. The Kier molecular flexibility index (Phi) is 12.9. The highest BCUT2D eigenvalue weighted by molar-refractivity contribution is 14.0. The number of rotatable bonds is 11. The Balaban J connectivity index is 0.00000392. The summed E-state index contributed by atoms with van der Waals surface area (Å²) in [6.45, 7) is 6.87. The second-order valence-electron chi connectivity index (χ2n) is 6.93. The van der Waals surface area contributed by atoms with Gasteiger partial charge in [-0.25, -0.2) is 0 Å². The second-order valence-corrected chi connectivity index (χ2v) is 6.93. The Morgan fingerprint density at radius 3 is 2.75 bits per heavy atom. The molecule has 0 aromatic heterocycles. The van der Waals surface area contributed by atoms with Crippen LogP contribution >= 0.6 is 24.0 Å². The zero-order valence-electron chi connectivity index (χ0n) is 17.2. The van der Waals surface area contributed by atoms with Crippen LogP contribution in [0.1, 0.15) is 31.7 Å². The Morgan fingerprint density at radius 1 is 1.25 bits per heavy atom. The lowest BCUT2D eigenvalue weighted by molar-refractivity contribution is -0.127. The van der Waals surface area contributed by atoms with Gasteiger partial charge in [-0.2, -0.15) is 0 Å². The number of amides is 1. The van der Waals surface area contributed by atoms with Gasteiger partial charge in [-0.1, -0.05) is 30.3 Å². The smallest absolute Gasteiger partial charge is 0.223 e. The fourth-order valence-electron chi connectivity index (χ4n) is 3.26. The molecule has 1 heterocycles. The minimum Gasteiger partial charge on any atom is -0.382 e. The molecule has 1 aliphatic rings. The highest BCUT2D eigenvalue weighted by Gasteiger charge is 2.29. The van der Waals surface area contributed by atoms with Gasteiger partial charge in [0.15, 0.2) is 5.96 Å². The molecule has 7 heteroatoms. The van der Waals surface area contributed by atoms with Crippen molar-refractivity contribution in [2.75, 3.05) is 46.4 Å². The molecule has 1 saturated heterocycles. The molecule has 0 saturated carbocycles. The van der Waals surface area contributed by atoms with Crippen LogP contribution in [0, 0.1) is 5.92 Å². The van der Waals surface area contributed by atoms with Gasteiger partial charge in [-0.05, 0) is 31.7 Å². The maximum atomic E-state index is 12.3. The van der Waals surface area contributed by atoms with Crippen molar-refractivity contribution in [3.05, 3.63) is 35.9 Å². The number of likely N-dealkylation sites (tertiary alicyclic amines) is 1. The van der Waals surface area contributed by atoms with Gasteiger partial charge < -0.3 is 20.3 Å². The maximum absolute atomic E-state index is 12.3. The van der Waals surface area contributed by atoms with Crippen molar-refractivity contribution in [3.8, 4) is 0 Å². The van der Waals surface area contributed by atoms with Crippen LogP contribution in [0.15, 0.2) is 35.3 Å². The van der Waals surface area contributed by atoms with E-state index in [-0.39, 0.29) is 29.9 Å². The molecule has 1 aromatic carbocycles. The lowest BCUT2D eigenvalue weighted by Crippen LogP contribution is -2.40. The summed E-state index contributed by atoms with van der Waals surface area (Å²) >= 11 is 0. The zero-order chi connectivity index (χ0) is 19.3. The quantitative estimate of drug-likeness (QED) is 0.212. The van der Waals surface area contributed by atoms with E-state index in [4.69, 9.17) is 4.74 Å². The predicted molar refractivity (Wildman–Crippen MR) is 125 cm³/mol. The first-order chi connectivity index (χ1) is 13.2. The fraction of sp³-hybridized carbons (Fsp3) is 0.619. The molecule has 0 aliphatic carbocycles. The van der Waals surface area contributed by atoms with Gasteiger partial charge >= 0.3 is 0 Å². The summed E-state index contributed by atoms with van der Waals surface area (Å²) in [7, 11) is 1.78. The molecule has 0 radical (unpaired) electrons. The van der Waals surface area contributed by atoms with Crippen LogP contribution in [0.3, 0.4) is 0 Å². The maximum Gasteiger partial charge on any atom is 0.223 e. The van der Waals surface area contributed by atoms with E-state index in [2.05, 4.69) is 27.8 Å². The van der Waals surface area contributed by atoms with E-state index in [0.717, 1.165) is 64.6 Å². The normalized spacial score (nSPS) is 16.8. The van der Waals surface area contributed by atoms with E-state index in [1.807, 2.05) is 30.0 Å². The van der Waals surface area contributed by atoms with Crippen molar-refractivity contribution in [3.63, 3.8) is 0 Å². The first-order valence-corrected chi connectivity index (χ1v) is 10.1. The van der Waals surface area contributed by atoms with Gasteiger partial charge in [-0.15, -0.1) is 24.0 Å². The average Bonchev–Trinajstić information content (AvgIpc) is 3.05. The number of carbonyl (C=O) groups excluding carboxylic acids is 1. The topological polar surface area (TPSA) is 66.0 Å². The number of ether oxygens (including phenoxy) is 1. The predicted octanol–water partition coefficient (Wildman–Crippen LogP) is 2.68. The summed E-state index contributed by atoms with van der Waals surface area (Å²) in [4.78, 5) is 18.5.